The van der Waals surface area contributed by atoms with Gasteiger partial charge in [0.25, 0.3) is 0 Å². The molecule has 0 radical (unpaired) electrons. The Bertz CT molecular complexity index is 593. The van der Waals surface area contributed by atoms with E-state index in [1.54, 1.807) is 18.2 Å². The molecule has 0 spiro atoms. The molecular formula is C14H13NO3. The molecule has 0 saturated heterocycles. The van der Waals surface area contributed by atoms with E-state index in [-0.39, 0.29) is 11.3 Å². The van der Waals surface area contributed by atoms with Crippen LogP contribution in [-0.4, -0.2) is 11.1 Å². The van der Waals surface area contributed by atoms with Gasteiger partial charge in [0.2, 0.25) is 0 Å². The minimum Gasteiger partial charge on any atom is -0.478 e. The number of anilines is 1. The second-order valence-corrected chi connectivity index (χ2v) is 3.95. The van der Waals surface area contributed by atoms with E-state index in [1.807, 2.05) is 25.1 Å². The van der Waals surface area contributed by atoms with Crippen LogP contribution in [0.2, 0.25) is 0 Å². The van der Waals surface area contributed by atoms with Crippen LogP contribution < -0.4 is 10.5 Å². The van der Waals surface area contributed by atoms with E-state index in [0.717, 1.165) is 5.56 Å². The fourth-order valence-corrected chi connectivity index (χ4v) is 1.63. The van der Waals surface area contributed by atoms with Crippen molar-refractivity contribution in [1.82, 2.24) is 0 Å². The summed E-state index contributed by atoms with van der Waals surface area (Å²) in [4.78, 5) is 11.1. The van der Waals surface area contributed by atoms with E-state index in [9.17, 15) is 4.79 Å². The maximum atomic E-state index is 11.1. The maximum Gasteiger partial charge on any atom is 0.339 e. The summed E-state index contributed by atoms with van der Waals surface area (Å²) >= 11 is 0. The molecule has 2 aromatic rings. The van der Waals surface area contributed by atoms with Gasteiger partial charge < -0.3 is 15.6 Å². The van der Waals surface area contributed by atoms with Gasteiger partial charge in [0, 0.05) is 0 Å². The first-order chi connectivity index (χ1) is 8.58. The topological polar surface area (TPSA) is 72.5 Å². The SMILES string of the molecule is Cc1cccc(Oc2c(N)cccc2C(=O)O)c1. The van der Waals surface area contributed by atoms with Gasteiger partial charge in [-0.15, -0.1) is 0 Å². The molecule has 18 heavy (non-hydrogen) atoms. The first-order valence-electron chi connectivity index (χ1n) is 5.44. The first kappa shape index (κ1) is 12.0. The molecular weight excluding hydrogens is 230 g/mol. The van der Waals surface area contributed by atoms with Crippen molar-refractivity contribution in [2.75, 3.05) is 5.73 Å². The number of aromatic carboxylic acids is 1. The quantitative estimate of drug-likeness (QED) is 0.812. The molecule has 0 aliphatic carbocycles. The van der Waals surface area contributed by atoms with Gasteiger partial charge in [-0.3, -0.25) is 0 Å². The van der Waals surface area contributed by atoms with E-state index >= 15 is 0 Å². The molecule has 0 bridgehead atoms. The summed E-state index contributed by atoms with van der Waals surface area (Å²) in [5.41, 5.74) is 7.14. The number of ether oxygens (including phenoxy) is 1. The summed E-state index contributed by atoms with van der Waals surface area (Å²) in [7, 11) is 0. The third-order valence-electron chi connectivity index (χ3n) is 2.49. The third-order valence-corrected chi connectivity index (χ3v) is 2.49. The molecule has 0 aliphatic rings. The molecule has 0 fully saturated rings. The molecule has 0 saturated carbocycles. The summed E-state index contributed by atoms with van der Waals surface area (Å²) < 4.78 is 5.58. The second kappa shape index (κ2) is 4.79. The Labute approximate surface area is 105 Å². The predicted octanol–water partition coefficient (Wildman–Crippen LogP) is 3.07. The van der Waals surface area contributed by atoms with Gasteiger partial charge in [-0.25, -0.2) is 4.79 Å². The summed E-state index contributed by atoms with van der Waals surface area (Å²) in [6.45, 7) is 1.93. The zero-order chi connectivity index (χ0) is 13.1. The highest BCUT2D eigenvalue weighted by Gasteiger charge is 2.14. The zero-order valence-electron chi connectivity index (χ0n) is 9.88. The third kappa shape index (κ3) is 2.43. The van der Waals surface area contributed by atoms with Crippen LogP contribution in [0.4, 0.5) is 5.69 Å². The summed E-state index contributed by atoms with van der Waals surface area (Å²) in [5, 5.41) is 9.09. The molecule has 4 heteroatoms. The fraction of sp³-hybridized carbons (Fsp3) is 0.0714. The number of hydrogen-bond acceptors (Lipinski definition) is 3. The van der Waals surface area contributed by atoms with Crippen LogP contribution in [0.5, 0.6) is 11.5 Å². The number of nitrogens with two attached hydrogens (primary N) is 1. The smallest absolute Gasteiger partial charge is 0.339 e. The number of benzene rings is 2. The van der Waals surface area contributed by atoms with Crippen molar-refractivity contribution in [3.05, 3.63) is 53.6 Å². The highest BCUT2D eigenvalue weighted by molar-refractivity contribution is 5.93. The van der Waals surface area contributed by atoms with Crippen LogP contribution in [0.3, 0.4) is 0 Å². The van der Waals surface area contributed by atoms with Crippen LogP contribution in [0, 0.1) is 6.92 Å². The summed E-state index contributed by atoms with van der Waals surface area (Å²) in [6, 6.07) is 12.0. The van der Waals surface area contributed by atoms with Crippen molar-refractivity contribution in [3.63, 3.8) is 0 Å². The lowest BCUT2D eigenvalue weighted by molar-refractivity contribution is 0.0694. The Kier molecular flexibility index (Phi) is 3.19. The number of nitrogen functional groups attached to an aromatic ring is 1. The Hall–Kier alpha value is -2.49. The van der Waals surface area contributed by atoms with Crippen LogP contribution in [0.15, 0.2) is 42.5 Å². The molecule has 3 N–H and O–H groups in total. The minimum atomic E-state index is -1.06. The molecule has 0 heterocycles. The molecule has 0 aliphatic heterocycles. The van der Waals surface area contributed by atoms with Crippen molar-refractivity contribution in [2.45, 2.75) is 6.92 Å². The predicted molar refractivity (Wildman–Crippen MR) is 69.1 cm³/mol. The highest BCUT2D eigenvalue weighted by Crippen LogP contribution is 2.31. The number of para-hydroxylation sites is 1. The van der Waals surface area contributed by atoms with Gasteiger partial charge in [0.05, 0.1) is 5.69 Å². The van der Waals surface area contributed by atoms with Crippen molar-refractivity contribution >= 4 is 11.7 Å². The van der Waals surface area contributed by atoms with E-state index in [2.05, 4.69) is 0 Å². The van der Waals surface area contributed by atoms with E-state index in [0.29, 0.717) is 11.4 Å². The van der Waals surface area contributed by atoms with Crippen molar-refractivity contribution in [2.24, 2.45) is 0 Å². The normalized spacial score (nSPS) is 10.1. The van der Waals surface area contributed by atoms with Gasteiger partial charge in [-0.05, 0) is 36.8 Å². The lowest BCUT2D eigenvalue weighted by Gasteiger charge is -2.11. The first-order valence-corrected chi connectivity index (χ1v) is 5.44. The minimum absolute atomic E-state index is 0.0523. The monoisotopic (exact) mass is 243 g/mol. The number of carbonyl (C=O) groups is 1. The van der Waals surface area contributed by atoms with E-state index < -0.39 is 5.97 Å². The largest absolute Gasteiger partial charge is 0.478 e. The summed E-state index contributed by atoms with van der Waals surface area (Å²) in [5.74, 6) is -0.323. The number of carboxylic acid groups (broad SMARTS) is 1. The Balaban J connectivity index is 2.42. The van der Waals surface area contributed by atoms with Gasteiger partial charge in [-0.1, -0.05) is 18.2 Å². The van der Waals surface area contributed by atoms with Crippen molar-refractivity contribution in [1.29, 1.82) is 0 Å². The Morgan fingerprint density at radius 1 is 1.22 bits per heavy atom. The molecule has 2 aromatic carbocycles. The molecule has 0 aromatic heterocycles. The van der Waals surface area contributed by atoms with Crippen LogP contribution in [0.25, 0.3) is 0 Å². The van der Waals surface area contributed by atoms with Gasteiger partial charge in [0.1, 0.15) is 11.3 Å². The number of hydrogen-bond donors (Lipinski definition) is 2. The summed E-state index contributed by atoms with van der Waals surface area (Å²) in [6.07, 6.45) is 0. The molecule has 0 unspecified atom stereocenters. The molecule has 2 rings (SSSR count). The van der Waals surface area contributed by atoms with Gasteiger partial charge in [-0.2, -0.15) is 0 Å². The lowest BCUT2D eigenvalue weighted by atomic mass is 10.1. The van der Waals surface area contributed by atoms with Crippen LogP contribution in [0.1, 0.15) is 15.9 Å². The standard InChI is InChI=1S/C14H13NO3/c1-9-4-2-5-10(8-9)18-13-11(14(16)17)6-3-7-12(13)15/h2-8H,15H2,1H3,(H,16,17). The number of carboxylic acids is 1. The van der Waals surface area contributed by atoms with Gasteiger partial charge >= 0.3 is 5.97 Å². The van der Waals surface area contributed by atoms with E-state index in [4.69, 9.17) is 15.6 Å². The average Bonchev–Trinajstić information content (AvgIpc) is 2.31. The lowest BCUT2D eigenvalue weighted by Crippen LogP contribution is -2.02. The zero-order valence-corrected chi connectivity index (χ0v) is 9.88. The number of rotatable bonds is 3. The number of aryl methyl sites for hydroxylation is 1. The van der Waals surface area contributed by atoms with Crippen molar-refractivity contribution < 1.29 is 14.6 Å². The Morgan fingerprint density at radius 2 is 1.94 bits per heavy atom. The molecule has 0 atom stereocenters. The Morgan fingerprint density at radius 3 is 2.61 bits per heavy atom. The van der Waals surface area contributed by atoms with Crippen LogP contribution in [-0.2, 0) is 0 Å². The molecule has 0 amide bonds. The second-order valence-electron chi connectivity index (χ2n) is 3.95. The fourth-order valence-electron chi connectivity index (χ4n) is 1.63. The molecule has 92 valence electrons. The molecule has 4 nitrogen and oxygen atoms in total. The highest BCUT2D eigenvalue weighted by atomic mass is 16.5. The van der Waals surface area contributed by atoms with Crippen LogP contribution >= 0.6 is 0 Å². The average molecular weight is 243 g/mol. The van der Waals surface area contributed by atoms with Crippen molar-refractivity contribution in [3.8, 4) is 11.5 Å². The van der Waals surface area contributed by atoms with Gasteiger partial charge in [0.15, 0.2) is 5.75 Å². The van der Waals surface area contributed by atoms with E-state index in [1.165, 1.54) is 6.07 Å². The maximum absolute atomic E-state index is 11.1.